The molecule has 1 N–H and O–H groups in total. The van der Waals surface area contributed by atoms with Crippen LogP contribution in [0.2, 0.25) is 0 Å². The van der Waals surface area contributed by atoms with E-state index in [1.54, 1.807) is 26.0 Å². The molecule has 6 nitrogen and oxygen atoms in total. The van der Waals surface area contributed by atoms with Crippen molar-refractivity contribution in [3.05, 3.63) is 59.7 Å². The van der Waals surface area contributed by atoms with Crippen molar-refractivity contribution in [3.63, 3.8) is 0 Å². The van der Waals surface area contributed by atoms with Crippen molar-refractivity contribution >= 4 is 15.9 Å². The van der Waals surface area contributed by atoms with Crippen molar-refractivity contribution in [1.82, 2.24) is 9.62 Å². The second-order valence-corrected chi connectivity index (χ2v) is 7.76. The van der Waals surface area contributed by atoms with E-state index in [0.29, 0.717) is 24.2 Å². The van der Waals surface area contributed by atoms with Gasteiger partial charge in [0, 0.05) is 25.2 Å². The highest BCUT2D eigenvalue weighted by Gasteiger charge is 2.21. The van der Waals surface area contributed by atoms with Gasteiger partial charge in [0.2, 0.25) is 10.0 Å². The molecular weight excluding hydrogens is 390 g/mol. The minimum atomic E-state index is -3.58. The topological polar surface area (TPSA) is 75.7 Å². The number of halogens is 2. The number of carbonyl (C=O) groups excluding carboxylic acids is 1. The Bertz CT molecular complexity index is 881. The summed E-state index contributed by atoms with van der Waals surface area (Å²) >= 11 is 0. The molecule has 0 fully saturated rings. The van der Waals surface area contributed by atoms with Crippen LogP contribution in [0, 0.1) is 0 Å². The Morgan fingerprint density at radius 3 is 2.11 bits per heavy atom. The predicted octanol–water partition coefficient (Wildman–Crippen LogP) is 3.25. The molecule has 0 aliphatic rings. The highest BCUT2D eigenvalue weighted by molar-refractivity contribution is 7.89. The van der Waals surface area contributed by atoms with E-state index in [0.717, 1.165) is 0 Å². The Kier molecular flexibility index (Phi) is 7.47. The molecule has 152 valence electrons. The average molecular weight is 412 g/mol. The van der Waals surface area contributed by atoms with E-state index in [-0.39, 0.29) is 23.1 Å². The highest BCUT2D eigenvalue weighted by Crippen LogP contribution is 2.17. The Balaban J connectivity index is 1.99. The van der Waals surface area contributed by atoms with Gasteiger partial charge in [-0.3, -0.25) is 4.79 Å². The van der Waals surface area contributed by atoms with Crippen LogP contribution in [0.3, 0.4) is 0 Å². The van der Waals surface area contributed by atoms with Crippen LogP contribution in [0.1, 0.15) is 29.8 Å². The minimum Gasteiger partial charge on any atom is -0.435 e. The summed E-state index contributed by atoms with van der Waals surface area (Å²) < 4.78 is 54.8. The van der Waals surface area contributed by atoms with E-state index >= 15 is 0 Å². The summed E-state index contributed by atoms with van der Waals surface area (Å²) in [4.78, 5) is 12.4. The summed E-state index contributed by atoms with van der Waals surface area (Å²) in [6.07, 6.45) is 0. The molecule has 2 rings (SSSR count). The molecule has 1 amide bonds. The molecular formula is C19H22F2N2O4S. The van der Waals surface area contributed by atoms with Gasteiger partial charge in [-0.05, 0) is 42.0 Å². The van der Waals surface area contributed by atoms with Gasteiger partial charge in [0.05, 0.1) is 4.90 Å². The van der Waals surface area contributed by atoms with E-state index in [2.05, 4.69) is 10.1 Å². The maximum Gasteiger partial charge on any atom is 0.387 e. The van der Waals surface area contributed by atoms with Crippen LogP contribution in [-0.2, 0) is 16.6 Å². The van der Waals surface area contributed by atoms with Gasteiger partial charge in [-0.1, -0.05) is 26.0 Å². The normalized spacial score (nSPS) is 11.6. The maximum absolute atomic E-state index is 12.4. The standard InChI is InChI=1S/C19H22F2N2O4S/c1-3-23(4-2)28(25,26)17-11-7-15(8-12-17)18(24)22-13-14-5-9-16(10-6-14)27-19(20)21/h5-12,19H,3-4,13H2,1-2H3,(H,22,24). The van der Waals surface area contributed by atoms with E-state index in [1.807, 2.05) is 0 Å². The number of nitrogens with one attached hydrogen (secondary N) is 1. The Morgan fingerprint density at radius 2 is 1.61 bits per heavy atom. The molecule has 0 aliphatic heterocycles. The fourth-order valence-electron chi connectivity index (χ4n) is 2.56. The Labute approximate surface area is 163 Å². The lowest BCUT2D eigenvalue weighted by Crippen LogP contribution is -2.30. The smallest absolute Gasteiger partial charge is 0.387 e. The van der Waals surface area contributed by atoms with E-state index in [9.17, 15) is 22.0 Å². The van der Waals surface area contributed by atoms with Gasteiger partial charge < -0.3 is 10.1 Å². The number of ether oxygens (including phenoxy) is 1. The number of amides is 1. The number of hydrogen-bond donors (Lipinski definition) is 1. The van der Waals surface area contributed by atoms with Crippen molar-refractivity contribution in [2.24, 2.45) is 0 Å². The molecule has 0 aliphatic carbocycles. The summed E-state index contributed by atoms with van der Waals surface area (Å²) in [6.45, 7) is 1.54. The molecule has 0 radical (unpaired) electrons. The van der Waals surface area contributed by atoms with Crippen LogP contribution < -0.4 is 10.1 Å². The average Bonchev–Trinajstić information content (AvgIpc) is 2.67. The zero-order valence-corrected chi connectivity index (χ0v) is 16.4. The number of carbonyl (C=O) groups is 1. The third kappa shape index (κ3) is 5.49. The highest BCUT2D eigenvalue weighted by atomic mass is 32.2. The van der Waals surface area contributed by atoms with E-state index in [1.165, 1.54) is 40.7 Å². The number of alkyl halides is 2. The maximum atomic E-state index is 12.4. The number of nitrogens with zero attached hydrogens (tertiary/aromatic N) is 1. The Morgan fingerprint density at radius 1 is 1.04 bits per heavy atom. The minimum absolute atomic E-state index is 0.0371. The number of hydrogen-bond acceptors (Lipinski definition) is 4. The molecule has 0 spiro atoms. The fraction of sp³-hybridized carbons (Fsp3) is 0.316. The van der Waals surface area contributed by atoms with Gasteiger partial charge in [-0.2, -0.15) is 13.1 Å². The summed E-state index contributed by atoms with van der Waals surface area (Å²) in [7, 11) is -3.58. The van der Waals surface area contributed by atoms with Crippen molar-refractivity contribution < 1.29 is 26.7 Å². The third-order valence-corrected chi connectivity index (χ3v) is 6.13. The van der Waals surface area contributed by atoms with Gasteiger partial charge in [-0.15, -0.1) is 0 Å². The second-order valence-electron chi connectivity index (χ2n) is 5.82. The first kappa shape index (κ1) is 21.8. The molecule has 0 unspecified atom stereocenters. The molecule has 9 heteroatoms. The third-order valence-electron chi connectivity index (χ3n) is 4.06. The van der Waals surface area contributed by atoms with Gasteiger partial charge in [0.25, 0.3) is 5.91 Å². The zero-order valence-electron chi connectivity index (χ0n) is 15.6. The lowest BCUT2D eigenvalue weighted by Gasteiger charge is -2.18. The molecule has 0 heterocycles. The van der Waals surface area contributed by atoms with Crippen LogP contribution in [0.25, 0.3) is 0 Å². The van der Waals surface area contributed by atoms with Gasteiger partial charge >= 0.3 is 6.61 Å². The summed E-state index contributed by atoms with van der Waals surface area (Å²) in [6, 6.07) is 11.6. The Hall–Kier alpha value is -2.52. The molecule has 0 atom stereocenters. The molecule has 2 aromatic rings. The van der Waals surface area contributed by atoms with E-state index < -0.39 is 16.6 Å². The van der Waals surface area contributed by atoms with Crippen LogP contribution in [0.4, 0.5) is 8.78 Å². The molecule has 0 saturated heterocycles. The van der Waals surface area contributed by atoms with Crippen molar-refractivity contribution in [3.8, 4) is 5.75 Å². The zero-order chi connectivity index (χ0) is 20.7. The summed E-state index contributed by atoms with van der Waals surface area (Å²) in [5.41, 5.74) is 1.02. The second kappa shape index (κ2) is 9.61. The number of sulfonamides is 1. The first-order valence-corrected chi connectivity index (χ1v) is 10.1. The molecule has 0 aromatic heterocycles. The quantitative estimate of drug-likeness (QED) is 0.686. The molecule has 28 heavy (non-hydrogen) atoms. The van der Waals surface area contributed by atoms with E-state index in [4.69, 9.17) is 0 Å². The lowest BCUT2D eigenvalue weighted by molar-refractivity contribution is -0.0498. The SMILES string of the molecule is CCN(CC)S(=O)(=O)c1ccc(C(=O)NCc2ccc(OC(F)F)cc2)cc1. The van der Waals surface area contributed by atoms with Crippen molar-refractivity contribution in [2.45, 2.75) is 31.9 Å². The largest absolute Gasteiger partial charge is 0.435 e. The summed E-state index contributed by atoms with van der Waals surface area (Å²) in [5, 5.41) is 2.69. The van der Waals surface area contributed by atoms with Crippen LogP contribution in [0.5, 0.6) is 5.75 Å². The molecule has 0 bridgehead atoms. The van der Waals surface area contributed by atoms with Crippen molar-refractivity contribution in [2.75, 3.05) is 13.1 Å². The van der Waals surface area contributed by atoms with Crippen LogP contribution >= 0.6 is 0 Å². The first-order valence-electron chi connectivity index (χ1n) is 8.70. The number of rotatable bonds is 9. The van der Waals surface area contributed by atoms with Gasteiger partial charge in [-0.25, -0.2) is 8.42 Å². The fourth-order valence-corrected chi connectivity index (χ4v) is 4.02. The van der Waals surface area contributed by atoms with Crippen LogP contribution in [0.15, 0.2) is 53.4 Å². The van der Waals surface area contributed by atoms with Gasteiger partial charge in [0.15, 0.2) is 0 Å². The van der Waals surface area contributed by atoms with Gasteiger partial charge in [0.1, 0.15) is 5.75 Å². The summed E-state index contributed by atoms with van der Waals surface area (Å²) in [5.74, 6) is -0.338. The predicted molar refractivity (Wildman–Crippen MR) is 101 cm³/mol. The van der Waals surface area contributed by atoms with Crippen molar-refractivity contribution in [1.29, 1.82) is 0 Å². The first-order chi connectivity index (χ1) is 13.3. The molecule has 2 aromatic carbocycles. The number of benzene rings is 2. The lowest BCUT2D eigenvalue weighted by atomic mass is 10.2. The monoisotopic (exact) mass is 412 g/mol. The van der Waals surface area contributed by atoms with Crippen LogP contribution in [-0.4, -0.2) is 38.3 Å². The molecule has 0 saturated carbocycles.